The maximum absolute atomic E-state index is 12.6. The highest BCUT2D eigenvalue weighted by Gasteiger charge is 2.31. The van der Waals surface area contributed by atoms with Crippen molar-refractivity contribution in [2.45, 2.75) is 12.7 Å². The molecule has 94 valence electrons. The maximum atomic E-state index is 12.6. The number of nitrogens with zero attached hydrogens (tertiary/aromatic N) is 3. The molecule has 0 bridgehead atoms. The van der Waals surface area contributed by atoms with Gasteiger partial charge in [0.05, 0.1) is 12.1 Å². The Morgan fingerprint density at radius 2 is 2.06 bits per heavy atom. The molecule has 1 aromatic heterocycles. The molecule has 0 saturated heterocycles. The molecule has 0 radical (unpaired) electrons. The van der Waals surface area contributed by atoms with Gasteiger partial charge in [-0.15, -0.1) is 0 Å². The van der Waals surface area contributed by atoms with Crippen LogP contribution in [-0.4, -0.2) is 0 Å². The number of halogens is 4. The smallest absolute Gasteiger partial charge is 0.416 e. The zero-order valence-corrected chi connectivity index (χ0v) is 10.3. The Morgan fingerprint density at radius 1 is 1.33 bits per heavy atom. The highest BCUT2D eigenvalue weighted by Crippen LogP contribution is 2.36. The molecule has 1 aromatic carbocycles. The van der Waals surface area contributed by atoms with Crippen molar-refractivity contribution in [2.24, 2.45) is 5.11 Å². The average molecular weight is 320 g/mol. The van der Waals surface area contributed by atoms with Gasteiger partial charge in [0.15, 0.2) is 0 Å². The zero-order valence-electron chi connectivity index (χ0n) is 8.70. The first-order valence-electron chi connectivity index (χ1n) is 4.72. The Kier molecular flexibility index (Phi) is 3.23. The molecule has 0 spiro atoms. The third-order valence-electron chi connectivity index (χ3n) is 2.26. The quantitative estimate of drug-likeness (QED) is 0.435. The summed E-state index contributed by atoms with van der Waals surface area (Å²) in [4.78, 5) is 2.55. The second-order valence-electron chi connectivity index (χ2n) is 3.47. The van der Waals surface area contributed by atoms with E-state index in [0.717, 1.165) is 12.1 Å². The van der Waals surface area contributed by atoms with Crippen molar-refractivity contribution in [3.8, 4) is 0 Å². The monoisotopic (exact) mass is 319 g/mol. The summed E-state index contributed by atoms with van der Waals surface area (Å²) in [7, 11) is 0. The molecule has 18 heavy (non-hydrogen) atoms. The summed E-state index contributed by atoms with van der Waals surface area (Å²) in [6.45, 7) is -0.0427. The highest BCUT2D eigenvalue weighted by molar-refractivity contribution is 9.10. The van der Waals surface area contributed by atoms with Crippen LogP contribution in [0.1, 0.15) is 11.3 Å². The topological polar surface area (TPSA) is 61.9 Å². The lowest BCUT2D eigenvalue weighted by Crippen LogP contribution is -2.04. The Bertz CT molecular complexity index is 644. The first-order valence-corrected chi connectivity index (χ1v) is 5.51. The Hall–Kier alpha value is -1.66. The van der Waals surface area contributed by atoms with Gasteiger partial charge < -0.3 is 4.42 Å². The van der Waals surface area contributed by atoms with Gasteiger partial charge in [0.2, 0.25) is 0 Å². The SMILES string of the molecule is [N-]=[N+]=NCc1cc2c(Br)cc(C(F)(F)F)cc2o1. The standard InChI is InChI=1S/C10H5BrF3N3O/c11-8-1-5(10(12,13)14)2-9-7(8)3-6(18-9)4-16-17-15/h1-3H,4H2. The molecule has 0 fully saturated rings. The molecule has 0 aliphatic carbocycles. The fraction of sp³-hybridized carbons (Fsp3) is 0.200. The summed E-state index contributed by atoms with van der Waals surface area (Å²) < 4.78 is 43.2. The molecule has 0 unspecified atom stereocenters. The predicted molar refractivity (Wildman–Crippen MR) is 61.8 cm³/mol. The molecule has 0 atom stereocenters. The van der Waals surface area contributed by atoms with Crippen molar-refractivity contribution in [1.82, 2.24) is 0 Å². The number of alkyl halides is 3. The summed E-state index contributed by atoms with van der Waals surface area (Å²) in [5.41, 5.74) is 7.46. The van der Waals surface area contributed by atoms with Crippen LogP contribution in [0, 0.1) is 0 Å². The van der Waals surface area contributed by atoms with Gasteiger partial charge in [-0.3, -0.25) is 0 Å². The van der Waals surface area contributed by atoms with Gasteiger partial charge in [-0.2, -0.15) is 13.2 Å². The van der Waals surface area contributed by atoms with Crippen LogP contribution in [0.2, 0.25) is 0 Å². The summed E-state index contributed by atoms with van der Waals surface area (Å²) in [6, 6.07) is 3.43. The van der Waals surface area contributed by atoms with Gasteiger partial charge in [-0.25, -0.2) is 0 Å². The summed E-state index contributed by atoms with van der Waals surface area (Å²) >= 11 is 3.06. The zero-order chi connectivity index (χ0) is 13.3. The number of hydrogen-bond donors (Lipinski definition) is 0. The van der Waals surface area contributed by atoms with E-state index in [1.54, 1.807) is 0 Å². The Morgan fingerprint density at radius 3 is 2.67 bits per heavy atom. The fourth-order valence-corrected chi connectivity index (χ4v) is 2.05. The minimum Gasteiger partial charge on any atom is -0.461 e. The van der Waals surface area contributed by atoms with Crippen molar-refractivity contribution in [1.29, 1.82) is 0 Å². The van der Waals surface area contributed by atoms with Gasteiger partial charge >= 0.3 is 6.18 Å². The molecule has 1 heterocycles. The summed E-state index contributed by atoms with van der Waals surface area (Å²) in [5, 5.41) is 3.79. The van der Waals surface area contributed by atoms with Crippen molar-refractivity contribution >= 4 is 26.9 Å². The minimum absolute atomic E-state index is 0.0427. The lowest BCUT2D eigenvalue weighted by molar-refractivity contribution is -0.137. The van der Waals surface area contributed by atoms with E-state index in [9.17, 15) is 13.2 Å². The van der Waals surface area contributed by atoms with Crippen LogP contribution in [0.4, 0.5) is 13.2 Å². The van der Waals surface area contributed by atoms with Gasteiger partial charge in [-0.1, -0.05) is 21.0 Å². The highest BCUT2D eigenvalue weighted by atomic mass is 79.9. The van der Waals surface area contributed by atoms with E-state index in [2.05, 4.69) is 26.0 Å². The second kappa shape index (κ2) is 4.55. The Balaban J connectivity index is 2.55. The van der Waals surface area contributed by atoms with E-state index >= 15 is 0 Å². The van der Waals surface area contributed by atoms with Crippen LogP contribution in [0.25, 0.3) is 21.4 Å². The molecular weight excluding hydrogens is 315 g/mol. The number of fused-ring (bicyclic) bond motifs is 1. The first-order chi connectivity index (χ1) is 8.41. The lowest BCUT2D eigenvalue weighted by Gasteiger charge is -2.06. The molecule has 4 nitrogen and oxygen atoms in total. The van der Waals surface area contributed by atoms with Crippen LogP contribution >= 0.6 is 15.9 Å². The van der Waals surface area contributed by atoms with Crippen molar-refractivity contribution in [2.75, 3.05) is 0 Å². The summed E-state index contributed by atoms with van der Waals surface area (Å²) in [6.07, 6.45) is -4.44. The van der Waals surface area contributed by atoms with Crippen molar-refractivity contribution in [3.63, 3.8) is 0 Å². The van der Waals surface area contributed by atoms with Crippen LogP contribution in [0.3, 0.4) is 0 Å². The predicted octanol–water partition coefficient (Wildman–Crippen LogP) is 5.02. The third-order valence-corrected chi connectivity index (χ3v) is 2.91. The average Bonchev–Trinajstić information content (AvgIpc) is 2.68. The molecule has 0 N–H and O–H groups in total. The third kappa shape index (κ3) is 2.44. The van der Waals surface area contributed by atoms with E-state index in [0.29, 0.717) is 11.1 Å². The number of azide groups is 1. The molecule has 2 rings (SSSR count). The molecule has 8 heteroatoms. The van der Waals surface area contributed by atoms with Gasteiger partial charge in [-0.05, 0) is 23.7 Å². The van der Waals surface area contributed by atoms with Gasteiger partial charge in [0.25, 0.3) is 0 Å². The van der Waals surface area contributed by atoms with E-state index < -0.39 is 11.7 Å². The normalized spacial score (nSPS) is 11.6. The fourth-order valence-electron chi connectivity index (χ4n) is 1.49. The second-order valence-corrected chi connectivity index (χ2v) is 4.32. The first kappa shape index (κ1) is 12.8. The van der Waals surface area contributed by atoms with E-state index in [1.165, 1.54) is 6.07 Å². The van der Waals surface area contributed by atoms with Crippen molar-refractivity contribution in [3.05, 3.63) is 44.4 Å². The van der Waals surface area contributed by atoms with Gasteiger partial charge in [0.1, 0.15) is 11.3 Å². The molecule has 0 amide bonds. The van der Waals surface area contributed by atoms with Crippen molar-refractivity contribution < 1.29 is 17.6 Å². The molecule has 0 aliphatic heterocycles. The molecule has 0 saturated carbocycles. The van der Waals surface area contributed by atoms with Crippen LogP contribution in [-0.2, 0) is 12.7 Å². The molecule has 0 aliphatic rings. The largest absolute Gasteiger partial charge is 0.461 e. The number of benzene rings is 1. The van der Waals surface area contributed by atoms with E-state index in [4.69, 9.17) is 9.95 Å². The molecule has 2 aromatic rings. The molecular formula is C10H5BrF3N3O. The van der Waals surface area contributed by atoms with Gasteiger partial charge in [0, 0.05) is 14.8 Å². The number of rotatable bonds is 2. The number of furan rings is 1. The Labute approximate surface area is 107 Å². The van der Waals surface area contributed by atoms with Crippen LogP contribution < -0.4 is 0 Å². The summed E-state index contributed by atoms with van der Waals surface area (Å²) in [5.74, 6) is 0.308. The number of hydrogen-bond acceptors (Lipinski definition) is 2. The van der Waals surface area contributed by atoms with Crippen LogP contribution in [0.15, 0.2) is 32.2 Å². The van der Waals surface area contributed by atoms with E-state index in [1.807, 2.05) is 0 Å². The van der Waals surface area contributed by atoms with E-state index in [-0.39, 0.29) is 16.6 Å². The minimum atomic E-state index is -4.44. The van der Waals surface area contributed by atoms with Crippen LogP contribution in [0.5, 0.6) is 0 Å². The lowest BCUT2D eigenvalue weighted by atomic mass is 10.1. The maximum Gasteiger partial charge on any atom is 0.416 e.